The molecule has 16 heavy (non-hydrogen) atoms. The Kier molecular flexibility index (Phi) is 3.35. The summed E-state index contributed by atoms with van der Waals surface area (Å²) in [4.78, 5) is 13.9. The minimum Gasteiger partial charge on any atom is -0.488 e. The molecule has 0 atom stereocenters. The van der Waals surface area contributed by atoms with Gasteiger partial charge in [0.25, 0.3) is 0 Å². The van der Waals surface area contributed by atoms with Crippen molar-refractivity contribution in [3.63, 3.8) is 0 Å². The highest BCUT2D eigenvalue weighted by molar-refractivity contribution is 9.11. The van der Waals surface area contributed by atoms with E-state index < -0.39 is 0 Å². The van der Waals surface area contributed by atoms with E-state index in [2.05, 4.69) is 15.9 Å². The highest BCUT2D eigenvalue weighted by atomic mass is 79.9. The molecule has 0 aromatic heterocycles. The molecule has 1 aliphatic heterocycles. The van der Waals surface area contributed by atoms with E-state index in [9.17, 15) is 9.18 Å². The van der Waals surface area contributed by atoms with Gasteiger partial charge in [-0.05, 0) is 17.3 Å². The minimum absolute atomic E-state index is 0.117. The van der Waals surface area contributed by atoms with Gasteiger partial charge in [0.05, 0.1) is 5.56 Å². The summed E-state index contributed by atoms with van der Waals surface area (Å²) < 4.78 is 18.8. The zero-order valence-electron chi connectivity index (χ0n) is 8.42. The second-order valence-electron chi connectivity index (χ2n) is 3.24. The highest BCUT2D eigenvalue weighted by Crippen LogP contribution is 2.33. The molecule has 0 radical (unpaired) electrons. The third kappa shape index (κ3) is 1.89. The number of halogens is 2. The third-order valence-corrected chi connectivity index (χ3v) is 3.61. The smallest absolute Gasteiger partial charge is 0.196 e. The van der Waals surface area contributed by atoms with Gasteiger partial charge in [0.1, 0.15) is 18.2 Å². The number of hydrogen-bond acceptors (Lipinski definition) is 3. The quantitative estimate of drug-likeness (QED) is 0.587. The van der Waals surface area contributed by atoms with Crippen LogP contribution in [0.2, 0.25) is 0 Å². The van der Waals surface area contributed by atoms with E-state index in [-0.39, 0.29) is 18.2 Å². The van der Waals surface area contributed by atoms with Crippen molar-refractivity contribution in [3.8, 4) is 5.75 Å². The number of thioether (sulfide) groups is 1. The van der Waals surface area contributed by atoms with Crippen LogP contribution in [0.5, 0.6) is 5.75 Å². The Labute approximate surface area is 105 Å². The van der Waals surface area contributed by atoms with Gasteiger partial charge in [-0.2, -0.15) is 0 Å². The number of hydrogen-bond donors (Lipinski definition) is 0. The molecule has 0 unspecified atom stereocenters. The maximum Gasteiger partial charge on any atom is 0.196 e. The first-order valence-electron chi connectivity index (χ1n) is 4.51. The van der Waals surface area contributed by atoms with Crippen LogP contribution in [0, 0.1) is 5.82 Å². The predicted molar refractivity (Wildman–Crippen MR) is 65.0 cm³/mol. The first-order chi connectivity index (χ1) is 7.67. The summed E-state index contributed by atoms with van der Waals surface area (Å²) in [6.45, 7) is 0.176. The van der Waals surface area contributed by atoms with E-state index in [1.165, 1.54) is 23.9 Å². The van der Waals surface area contributed by atoms with Crippen LogP contribution < -0.4 is 4.74 Å². The maximum atomic E-state index is 13.4. The van der Waals surface area contributed by atoms with Gasteiger partial charge >= 0.3 is 0 Å². The Hall–Kier alpha value is -0.810. The lowest BCUT2D eigenvalue weighted by Gasteiger charge is -2.19. The summed E-state index contributed by atoms with van der Waals surface area (Å²) in [6.07, 6.45) is 1.76. The summed E-state index contributed by atoms with van der Waals surface area (Å²) in [5.74, 6) is -0.155. The van der Waals surface area contributed by atoms with Gasteiger partial charge in [-0.15, -0.1) is 11.8 Å². The van der Waals surface area contributed by atoms with E-state index in [1.807, 2.05) is 0 Å². The van der Waals surface area contributed by atoms with E-state index in [1.54, 1.807) is 11.2 Å². The summed E-state index contributed by atoms with van der Waals surface area (Å²) in [5, 5.41) is 0. The van der Waals surface area contributed by atoms with Crippen molar-refractivity contribution in [3.05, 3.63) is 34.1 Å². The topological polar surface area (TPSA) is 26.3 Å². The molecule has 2 nitrogen and oxygen atoms in total. The largest absolute Gasteiger partial charge is 0.488 e. The fraction of sp³-hybridized carbons (Fsp3) is 0.182. The van der Waals surface area contributed by atoms with E-state index in [0.717, 1.165) is 0 Å². The van der Waals surface area contributed by atoms with Gasteiger partial charge in [-0.25, -0.2) is 4.39 Å². The predicted octanol–water partition coefficient (Wildman–Crippen LogP) is 3.40. The van der Waals surface area contributed by atoms with Crippen molar-refractivity contribution >= 4 is 33.5 Å². The van der Waals surface area contributed by atoms with Crippen LogP contribution >= 0.6 is 27.7 Å². The monoisotopic (exact) mass is 302 g/mol. The zero-order chi connectivity index (χ0) is 11.7. The van der Waals surface area contributed by atoms with Crippen molar-refractivity contribution < 1.29 is 13.9 Å². The van der Waals surface area contributed by atoms with Crippen LogP contribution in [0.25, 0.3) is 0 Å². The lowest BCUT2D eigenvalue weighted by Crippen LogP contribution is -2.19. The average molecular weight is 303 g/mol. The third-order valence-electron chi connectivity index (χ3n) is 2.31. The number of carbonyl (C=O) groups is 1. The molecule has 1 aromatic rings. The highest BCUT2D eigenvalue weighted by Gasteiger charge is 2.24. The molecule has 1 heterocycles. The minimum atomic E-state index is -0.356. The number of ketones is 1. The maximum absolute atomic E-state index is 13.4. The van der Waals surface area contributed by atoms with Gasteiger partial charge in [-0.1, -0.05) is 15.9 Å². The van der Waals surface area contributed by atoms with Crippen molar-refractivity contribution in [2.75, 3.05) is 12.9 Å². The molecule has 0 amide bonds. The average Bonchev–Trinajstić information content (AvgIpc) is 2.29. The van der Waals surface area contributed by atoms with Gasteiger partial charge in [0.2, 0.25) is 0 Å². The molecular weight excluding hydrogens is 295 g/mol. The van der Waals surface area contributed by atoms with Gasteiger partial charge in [0.15, 0.2) is 5.78 Å². The van der Waals surface area contributed by atoms with Crippen molar-refractivity contribution in [2.24, 2.45) is 0 Å². The molecule has 1 aromatic carbocycles. The number of carbonyl (C=O) groups excluding carboxylic acids is 1. The molecule has 84 valence electrons. The van der Waals surface area contributed by atoms with Crippen molar-refractivity contribution in [1.29, 1.82) is 0 Å². The zero-order valence-corrected chi connectivity index (χ0v) is 10.8. The van der Waals surface area contributed by atoms with Gasteiger partial charge < -0.3 is 4.74 Å². The van der Waals surface area contributed by atoms with E-state index in [4.69, 9.17) is 4.74 Å². The Morgan fingerprint density at radius 1 is 1.56 bits per heavy atom. The first-order valence-corrected chi connectivity index (χ1v) is 6.65. The lowest BCUT2D eigenvalue weighted by molar-refractivity contribution is 0.0999. The molecular formula is C11H8BrFO2S. The standard InChI is InChI=1S/C11H8BrFO2S/c1-16-10-2-7-9(3-8(10)13)15-5-6(4-12)11(7)14/h2-4H,5H2,1H3/b6-4+. The SMILES string of the molecule is CSc1cc2c(cc1F)OC/C(=C\Br)C2=O. The van der Waals surface area contributed by atoms with Crippen LogP contribution in [-0.2, 0) is 0 Å². The lowest BCUT2D eigenvalue weighted by atomic mass is 10.0. The fourth-order valence-electron chi connectivity index (χ4n) is 1.46. The Morgan fingerprint density at radius 2 is 2.31 bits per heavy atom. The van der Waals surface area contributed by atoms with Crippen LogP contribution in [0.15, 0.2) is 27.6 Å². The molecule has 5 heteroatoms. The number of fused-ring (bicyclic) bond motifs is 1. The Balaban J connectivity index is 2.55. The molecule has 0 saturated carbocycles. The Bertz CT molecular complexity index is 485. The molecule has 0 bridgehead atoms. The van der Waals surface area contributed by atoms with Crippen LogP contribution in [-0.4, -0.2) is 18.6 Å². The summed E-state index contributed by atoms with van der Waals surface area (Å²) in [6, 6.07) is 2.80. The second kappa shape index (κ2) is 4.59. The summed E-state index contributed by atoms with van der Waals surface area (Å²) >= 11 is 4.38. The Morgan fingerprint density at radius 3 is 2.94 bits per heavy atom. The number of benzene rings is 1. The number of Topliss-reactive ketones (excluding diaryl/α,β-unsaturated/α-hetero) is 1. The van der Waals surface area contributed by atoms with Gasteiger partial charge in [-0.3, -0.25) is 4.79 Å². The van der Waals surface area contributed by atoms with E-state index >= 15 is 0 Å². The molecule has 2 rings (SSSR count). The summed E-state index contributed by atoms with van der Waals surface area (Å²) in [7, 11) is 0. The van der Waals surface area contributed by atoms with Crippen molar-refractivity contribution in [2.45, 2.75) is 4.90 Å². The van der Waals surface area contributed by atoms with Crippen LogP contribution in [0.4, 0.5) is 4.39 Å². The fourth-order valence-corrected chi connectivity index (χ4v) is 2.29. The van der Waals surface area contributed by atoms with Crippen molar-refractivity contribution in [1.82, 2.24) is 0 Å². The molecule has 0 fully saturated rings. The number of ether oxygens (including phenoxy) is 1. The van der Waals surface area contributed by atoms with Crippen LogP contribution in [0.3, 0.4) is 0 Å². The number of rotatable bonds is 1. The normalized spacial score (nSPS) is 17.2. The molecule has 0 aliphatic carbocycles. The first kappa shape index (κ1) is 11.7. The molecule has 0 saturated heterocycles. The molecule has 0 spiro atoms. The summed E-state index contributed by atoms with van der Waals surface area (Å²) in [5.41, 5.74) is 0.953. The molecule has 0 N–H and O–H groups in total. The molecule has 1 aliphatic rings. The second-order valence-corrected chi connectivity index (χ2v) is 4.54. The van der Waals surface area contributed by atoms with Crippen LogP contribution in [0.1, 0.15) is 10.4 Å². The van der Waals surface area contributed by atoms with Gasteiger partial charge in [0, 0.05) is 16.5 Å². The van der Waals surface area contributed by atoms with E-state index in [0.29, 0.717) is 21.8 Å².